The van der Waals surface area contributed by atoms with Crippen molar-refractivity contribution in [1.29, 1.82) is 0 Å². The first-order valence-corrected chi connectivity index (χ1v) is 8.70. The zero-order chi connectivity index (χ0) is 18.6. The summed E-state index contributed by atoms with van der Waals surface area (Å²) in [6, 6.07) is 10.1. The van der Waals surface area contributed by atoms with Gasteiger partial charge in [0.2, 0.25) is 5.78 Å². The third kappa shape index (κ3) is 2.03. The van der Waals surface area contributed by atoms with Crippen LogP contribution in [-0.2, 0) is 20.6 Å². The first-order chi connectivity index (χ1) is 12.5. The number of nitrogens with zero attached hydrogens (tertiary/aromatic N) is 5. The molecule has 0 saturated heterocycles. The van der Waals surface area contributed by atoms with Gasteiger partial charge in [-0.25, -0.2) is 4.79 Å². The lowest BCUT2D eigenvalue weighted by molar-refractivity contribution is 0.697. The lowest BCUT2D eigenvalue weighted by Gasteiger charge is -2.09. The van der Waals surface area contributed by atoms with Crippen LogP contribution < -0.4 is 11.2 Å². The van der Waals surface area contributed by atoms with Gasteiger partial charge in [-0.1, -0.05) is 37.3 Å². The van der Waals surface area contributed by atoms with Gasteiger partial charge in [0, 0.05) is 31.9 Å². The van der Waals surface area contributed by atoms with Crippen molar-refractivity contribution in [2.24, 2.45) is 14.1 Å². The zero-order valence-corrected chi connectivity index (χ0v) is 15.4. The molecular weight excluding hydrogens is 330 g/mol. The van der Waals surface area contributed by atoms with Crippen LogP contribution in [0.3, 0.4) is 0 Å². The van der Waals surface area contributed by atoms with Crippen LogP contribution in [0.15, 0.2) is 39.9 Å². The molecule has 0 fully saturated rings. The van der Waals surface area contributed by atoms with Crippen LogP contribution >= 0.6 is 0 Å². The number of benzene rings is 1. The summed E-state index contributed by atoms with van der Waals surface area (Å²) in [5.74, 6) is 0.691. The van der Waals surface area contributed by atoms with Gasteiger partial charge in [0.25, 0.3) is 5.56 Å². The Morgan fingerprint density at radius 2 is 1.73 bits per heavy atom. The predicted molar refractivity (Wildman–Crippen MR) is 102 cm³/mol. The Morgan fingerprint density at radius 3 is 2.38 bits per heavy atom. The van der Waals surface area contributed by atoms with Gasteiger partial charge in [-0.2, -0.15) is 4.98 Å². The van der Waals surface area contributed by atoms with Crippen LogP contribution in [0.5, 0.6) is 0 Å². The number of hydrogen-bond donors (Lipinski definition) is 0. The van der Waals surface area contributed by atoms with Crippen molar-refractivity contribution in [2.75, 3.05) is 0 Å². The summed E-state index contributed by atoms with van der Waals surface area (Å²) in [6.07, 6.45) is 0.934. The van der Waals surface area contributed by atoms with E-state index in [-0.39, 0.29) is 11.2 Å². The Labute approximate surface area is 149 Å². The molecule has 0 atom stereocenters. The highest BCUT2D eigenvalue weighted by Gasteiger charge is 2.23. The van der Waals surface area contributed by atoms with Crippen LogP contribution in [0.25, 0.3) is 28.2 Å². The second kappa shape index (κ2) is 5.72. The summed E-state index contributed by atoms with van der Waals surface area (Å²) in [6.45, 7) is 4.88. The number of fused-ring (bicyclic) bond motifs is 3. The van der Waals surface area contributed by atoms with Crippen LogP contribution in [0, 0.1) is 6.92 Å². The first kappa shape index (κ1) is 16.4. The molecule has 26 heavy (non-hydrogen) atoms. The van der Waals surface area contributed by atoms with E-state index in [1.807, 2.05) is 29.5 Å². The van der Waals surface area contributed by atoms with Crippen molar-refractivity contribution >= 4 is 16.9 Å². The fourth-order valence-electron chi connectivity index (χ4n) is 3.68. The molecule has 4 rings (SSSR count). The van der Waals surface area contributed by atoms with Crippen molar-refractivity contribution in [3.05, 3.63) is 56.9 Å². The zero-order valence-electron chi connectivity index (χ0n) is 15.4. The highest BCUT2D eigenvalue weighted by molar-refractivity contribution is 5.79. The Bertz CT molecular complexity index is 1260. The van der Waals surface area contributed by atoms with Crippen LogP contribution in [-0.4, -0.2) is 23.1 Å². The molecule has 3 aromatic heterocycles. The van der Waals surface area contributed by atoms with Gasteiger partial charge in [0.05, 0.1) is 5.69 Å². The molecule has 0 radical (unpaired) electrons. The lowest BCUT2D eigenvalue weighted by atomic mass is 10.1. The standard InChI is InChI=1S/C19H21N5O2/c1-5-11-23-14(13-9-7-6-8-10-13)12(2)24-15-16(20-18(23)24)21(3)19(26)22(4)17(15)25/h6-10H,5,11H2,1-4H3. The number of hydrogen-bond acceptors (Lipinski definition) is 3. The third-order valence-electron chi connectivity index (χ3n) is 4.92. The van der Waals surface area contributed by atoms with Crippen molar-refractivity contribution in [3.8, 4) is 11.3 Å². The summed E-state index contributed by atoms with van der Waals surface area (Å²) < 4.78 is 6.58. The molecular formula is C19H21N5O2. The number of aryl methyl sites for hydroxylation is 3. The van der Waals surface area contributed by atoms with E-state index in [9.17, 15) is 9.59 Å². The van der Waals surface area contributed by atoms with E-state index in [0.717, 1.165) is 34.5 Å². The molecule has 0 aliphatic rings. The Hall–Kier alpha value is -3.09. The minimum absolute atomic E-state index is 0.327. The second-order valence-electron chi connectivity index (χ2n) is 6.58. The summed E-state index contributed by atoms with van der Waals surface area (Å²) in [7, 11) is 3.15. The smallest absolute Gasteiger partial charge is 0.309 e. The van der Waals surface area contributed by atoms with E-state index in [4.69, 9.17) is 0 Å². The molecule has 7 heteroatoms. The second-order valence-corrected chi connectivity index (χ2v) is 6.58. The molecule has 0 amide bonds. The normalized spacial score (nSPS) is 11.7. The molecule has 0 saturated carbocycles. The molecule has 134 valence electrons. The maximum atomic E-state index is 12.8. The summed E-state index contributed by atoms with van der Waals surface area (Å²) in [5.41, 5.74) is 3.23. The van der Waals surface area contributed by atoms with E-state index in [1.165, 1.54) is 11.6 Å². The number of aromatic nitrogens is 5. The Morgan fingerprint density at radius 1 is 1.04 bits per heavy atom. The van der Waals surface area contributed by atoms with Crippen LogP contribution in [0.1, 0.15) is 19.0 Å². The van der Waals surface area contributed by atoms with E-state index >= 15 is 0 Å². The van der Waals surface area contributed by atoms with E-state index in [1.54, 1.807) is 7.05 Å². The fourth-order valence-corrected chi connectivity index (χ4v) is 3.68. The first-order valence-electron chi connectivity index (χ1n) is 8.70. The molecule has 0 aliphatic carbocycles. The van der Waals surface area contributed by atoms with Gasteiger partial charge < -0.3 is 4.57 Å². The minimum atomic E-state index is -0.369. The van der Waals surface area contributed by atoms with Gasteiger partial charge in [-0.15, -0.1) is 0 Å². The molecule has 0 N–H and O–H groups in total. The Balaban J connectivity index is 2.24. The van der Waals surface area contributed by atoms with Crippen LogP contribution in [0.4, 0.5) is 0 Å². The largest absolute Gasteiger partial charge is 0.332 e. The molecule has 0 bridgehead atoms. The molecule has 7 nitrogen and oxygen atoms in total. The number of imidazole rings is 2. The topological polar surface area (TPSA) is 66.2 Å². The molecule has 4 aromatic rings. The van der Waals surface area contributed by atoms with Crippen molar-refractivity contribution in [3.63, 3.8) is 0 Å². The van der Waals surface area contributed by atoms with E-state index < -0.39 is 0 Å². The van der Waals surface area contributed by atoms with Crippen molar-refractivity contribution in [1.82, 2.24) is 23.1 Å². The summed E-state index contributed by atoms with van der Waals surface area (Å²) >= 11 is 0. The summed E-state index contributed by atoms with van der Waals surface area (Å²) in [4.78, 5) is 29.8. The third-order valence-corrected chi connectivity index (χ3v) is 4.92. The van der Waals surface area contributed by atoms with Gasteiger partial charge in [-0.3, -0.25) is 18.3 Å². The SMILES string of the molecule is CCCn1c(-c2ccccc2)c(C)n2c3c(=O)n(C)c(=O)n(C)c3nc12. The van der Waals surface area contributed by atoms with Gasteiger partial charge in [0.15, 0.2) is 11.2 Å². The quantitative estimate of drug-likeness (QED) is 0.567. The van der Waals surface area contributed by atoms with E-state index in [2.05, 4.69) is 28.6 Å². The average molecular weight is 351 g/mol. The van der Waals surface area contributed by atoms with Gasteiger partial charge in [0.1, 0.15) is 0 Å². The average Bonchev–Trinajstić information content (AvgIpc) is 3.16. The van der Waals surface area contributed by atoms with Crippen LogP contribution in [0.2, 0.25) is 0 Å². The maximum Gasteiger partial charge on any atom is 0.332 e. The van der Waals surface area contributed by atoms with E-state index in [0.29, 0.717) is 16.9 Å². The molecule has 0 spiro atoms. The lowest BCUT2D eigenvalue weighted by Crippen LogP contribution is -2.37. The maximum absolute atomic E-state index is 12.8. The molecule has 3 heterocycles. The Kier molecular flexibility index (Phi) is 3.61. The number of rotatable bonds is 3. The van der Waals surface area contributed by atoms with Crippen molar-refractivity contribution < 1.29 is 0 Å². The van der Waals surface area contributed by atoms with Gasteiger partial charge >= 0.3 is 5.69 Å². The highest BCUT2D eigenvalue weighted by Crippen LogP contribution is 2.29. The molecule has 0 aliphatic heterocycles. The monoisotopic (exact) mass is 351 g/mol. The van der Waals surface area contributed by atoms with Crippen molar-refractivity contribution in [2.45, 2.75) is 26.8 Å². The highest BCUT2D eigenvalue weighted by atomic mass is 16.2. The van der Waals surface area contributed by atoms with Gasteiger partial charge in [-0.05, 0) is 13.3 Å². The summed E-state index contributed by atoms with van der Waals surface area (Å²) in [5, 5.41) is 0. The predicted octanol–water partition coefficient (Wildman–Crippen LogP) is 2.07. The minimum Gasteiger partial charge on any atom is -0.309 e. The molecule has 0 unspecified atom stereocenters. The molecule has 1 aromatic carbocycles. The fraction of sp³-hybridized carbons (Fsp3) is 0.316.